The SMILES string of the molecule is CS(=O)(=O)Oc1ccc(C[C@@](N)(CCCOC(=O)c2ccccc2)C(=O)O)cc1O. The molecule has 0 heterocycles. The summed E-state index contributed by atoms with van der Waals surface area (Å²) in [7, 11) is -3.82. The zero-order valence-electron chi connectivity index (χ0n) is 16.3. The number of carboxylic acids is 1. The molecule has 0 unspecified atom stereocenters. The molecule has 0 aliphatic rings. The number of nitrogens with two attached hydrogens (primary N) is 1. The maximum atomic E-state index is 11.9. The fraction of sp³-hybridized carbons (Fsp3) is 0.300. The third-order valence-corrected chi connectivity index (χ3v) is 4.70. The summed E-state index contributed by atoms with van der Waals surface area (Å²) in [6.45, 7) is -0.00759. The van der Waals surface area contributed by atoms with Gasteiger partial charge in [0, 0.05) is 6.42 Å². The van der Waals surface area contributed by atoms with E-state index in [9.17, 15) is 28.2 Å². The third-order valence-electron chi connectivity index (χ3n) is 4.22. The lowest BCUT2D eigenvalue weighted by atomic mass is 9.87. The van der Waals surface area contributed by atoms with Crippen molar-refractivity contribution in [3.8, 4) is 11.5 Å². The van der Waals surface area contributed by atoms with Gasteiger partial charge in [-0.3, -0.25) is 4.79 Å². The minimum Gasteiger partial charge on any atom is -0.504 e. The maximum Gasteiger partial charge on any atom is 0.338 e. The molecule has 0 bridgehead atoms. The van der Waals surface area contributed by atoms with E-state index in [4.69, 9.17) is 10.5 Å². The van der Waals surface area contributed by atoms with Crippen molar-refractivity contribution in [2.24, 2.45) is 5.73 Å². The highest BCUT2D eigenvalue weighted by Gasteiger charge is 2.34. The van der Waals surface area contributed by atoms with Gasteiger partial charge >= 0.3 is 22.1 Å². The molecular formula is C20H23NO8S. The van der Waals surface area contributed by atoms with Gasteiger partial charge in [0.1, 0.15) is 5.54 Å². The number of carboxylic acid groups (broad SMARTS) is 1. The van der Waals surface area contributed by atoms with Crippen molar-refractivity contribution in [1.29, 1.82) is 0 Å². The number of hydrogen-bond acceptors (Lipinski definition) is 8. The molecule has 2 aromatic rings. The molecule has 0 aliphatic carbocycles. The Morgan fingerprint density at radius 2 is 1.80 bits per heavy atom. The summed E-state index contributed by atoms with van der Waals surface area (Å²) in [6, 6.07) is 12.2. The van der Waals surface area contributed by atoms with Crippen molar-refractivity contribution in [2.45, 2.75) is 24.8 Å². The van der Waals surface area contributed by atoms with Crippen LogP contribution in [0.2, 0.25) is 0 Å². The first-order valence-electron chi connectivity index (χ1n) is 8.96. The van der Waals surface area contributed by atoms with Gasteiger partial charge in [-0.25, -0.2) is 4.79 Å². The van der Waals surface area contributed by atoms with E-state index in [1.807, 2.05) is 0 Å². The summed E-state index contributed by atoms with van der Waals surface area (Å²) in [5, 5.41) is 19.5. The van der Waals surface area contributed by atoms with E-state index in [1.165, 1.54) is 18.2 Å². The van der Waals surface area contributed by atoms with Gasteiger partial charge in [0.15, 0.2) is 11.5 Å². The Morgan fingerprint density at radius 3 is 2.37 bits per heavy atom. The molecule has 0 aliphatic heterocycles. The monoisotopic (exact) mass is 437 g/mol. The lowest BCUT2D eigenvalue weighted by Gasteiger charge is -2.25. The molecule has 0 radical (unpaired) electrons. The Bertz CT molecular complexity index is 1010. The molecule has 0 amide bonds. The van der Waals surface area contributed by atoms with Crippen molar-refractivity contribution in [1.82, 2.24) is 0 Å². The quantitative estimate of drug-likeness (QED) is 0.286. The van der Waals surface area contributed by atoms with E-state index < -0.39 is 33.3 Å². The van der Waals surface area contributed by atoms with Gasteiger partial charge in [0.2, 0.25) is 0 Å². The van der Waals surface area contributed by atoms with E-state index >= 15 is 0 Å². The van der Waals surface area contributed by atoms with Crippen LogP contribution in [0.3, 0.4) is 0 Å². The average molecular weight is 437 g/mol. The Labute approximate surface area is 174 Å². The second-order valence-corrected chi connectivity index (χ2v) is 8.41. The van der Waals surface area contributed by atoms with Crippen LogP contribution in [0.5, 0.6) is 11.5 Å². The zero-order valence-corrected chi connectivity index (χ0v) is 17.1. The molecule has 1 atom stereocenters. The molecule has 9 nitrogen and oxygen atoms in total. The molecule has 0 spiro atoms. The summed E-state index contributed by atoms with van der Waals surface area (Å²) in [6.07, 6.45) is 0.914. The van der Waals surface area contributed by atoms with Crippen LogP contribution in [-0.4, -0.2) is 49.0 Å². The van der Waals surface area contributed by atoms with Crippen LogP contribution in [0, 0.1) is 0 Å². The fourth-order valence-corrected chi connectivity index (χ4v) is 3.22. The van der Waals surface area contributed by atoms with Gasteiger partial charge < -0.3 is 24.9 Å². The van der Waals surface area contributed by atoms with Gasteiger partial charge in [-0.1, -0.05) is 24.3 Å². The first-order valence-corrected chi connectivity index (χ1v) is 10.8. The molecule has 0 aromatic heterocycles. The third kappa shape index (κ3) is 6.75. The predicted molar refractivity (Wildman–Crippen MR) is 108 cm³/mol. The summed E-state index contributed by atoms with van der Waals surface area (Å²) in [4.78, 5) is 23.6. The van der Waals surface area contributed by atoms with E-state index in [-0.39, 0.29) is 31.6 Å². The van der Waals surface area contributed by atoms with Crippen molar-refractivity contribution in [2.75, 3.05) is 12.9 Å². The second kappa shape index (κ2) is 9.59. The number of phenolic OH excluding ortho intramolecular Hbond substituents is 1. The van der Waals surface area contributed by atoms with Gasteiger partial charge in [0.05, 0.1) is 18.4 Å². The molecule has 30 heavy (non-hydrogen) atoms. The van der Waals surface area contributed by atoms with Crippen molar-refractivity contribution in [3.05, 3.63) is 59.7 Å². The number of aliphatic carboxylic acids is 1. The van der Waals surface area contributed by atoms with Gasteiger partial charge in [-0.2, -0.15) is 8.42 Å². The first kappa shape index (κ1) is 23.2. The van der Waals surface area contributed by atoms with Gasteiger partial charge in [-0.15, -0.1) is 0 Å². The minimum atomic E-state index is -3.82. The highest BCUT2D eigenvalue weighted by atomic mass is 32.2. The van der Waals surface area contributed by atoms with Gasteiger partial charge in [-0.05, 0) is 42.7 Å². The van der Waals surface area contributed by atoms with Crippen molar-refractivity contribution >= 4 is 22.1 Å². The molecule has 2 rings (SSSR count). The standard InChI is InChI=1S/C20H23NO8S/c1-30(26,27)29-17-9-8-14(12-16(17)22)13-20(21,19(24)25)10-5-11-28-18(23)15-6-3-2-4-7-15/h2-4,6-9,12,22H,5,10-11,13,21H2,1H3,(H,24,25)/t20-/m0/s1. The molecule has 0 saturated carbocycles. The lowest BCUT2D eigenvalue weighted by Crippen LogP contribution is -2.50. The largest absolute Gasteiger partial charge is 0.504 e. The second-order valence-electron chi connectivity index (χ2n) is 6.83. The Balaban J connectivity index is 1.98. The highest BCUT2D eigenvalue weighted by molar-refractivity contribution is 7.86. The molecule has 2 aromatic carbocycles. The maximum absolute atomic E-state index is 11.9. The number of phenols is 1. The summed E-state index contributed by atoms with van der Waals surface area (Å²) < 4.78 is 32.1. The molecule has 10 heteroatoms. The number of carbonyl (C=O) groups is 2. The lowest BCUT2D eigenvalue weighted by molar-refractivity contribution is -0.143. The Hall–Kier alpha value is -3.11. The van der Waals surface area contributed by atoms with Crippen LogP contribution in [0.25, 0.3) is 0 Å². The first-order chi connectivity index (χ1) is 14.0. The number of aromatic hydroxyl groups is 1. The van der Waals surface area contributed by atoms with E-state index in [0.29, 0.717) is 11.1 Å². The smallest absolute Gasteiger partial charge is 0.338 e. The number of carbonyl (C=O) groups excluding carboxylic acids is 1. The summed E-state index contributed by atoms with van der Waals surface area (Å²) >= 11 is 0. The molecule has 0 fully saturated rings. The predicted octanol–water partition coefficient (Wildman–Crippen LogP) is 1.69. The van der Waals surface area contributed by atoms with E-state index in [2.05, 4.69) is 4.18 Å². The highest BCUT2D eigenvalue weighted by Crippen LogP contribution is 2.29. The fourth-order valence-electron chi connectivity index (χ4n) is 2.75. The Morgan fingerprint density at radius 1 is 1.13 bits per heavy atom. The van der Waals surface area contributed by atoms with Crippen molar-refractivity contribution < 1.29 is 37.1 Å². The van der Waals surface area contributed by atoms with E-state index in [1.54, 1.807) is 30.3 Å². The minimum absolute atomic E-state index is 0.00670. The molecule has 162 valence electrons. The average Bonchev–Trinajstić information content (AvgIpc) is 2.67. The number of esters is 1. The summed E-state index contributed by atoms with van der Waals surface area (Å²) in [5.41, 5.74) is 5.13. The molecule has 4 N–H and O–H groups in total. The van der Waals surface area contributed by atoms with Crippen LogP contribution >= 0.6 is 0 Å². The van der Waals surface area contributed by atoms with Crippen LogP contribution in [0.15, 0.2) is 48.5 Å². The number of ether oxygens (including phenoxy) is 1. The van der Waals surface area contributed by atoms with E-state index in [0.717, 1.165) is 6.26 Å². The number of benzene rings is 2. The molecule has 0 saturated heterocycles. The van der Waals surface area contributed by atoms with Crippen LogP contribution in [-0.2, 0) is 26.1 Å². The topological polar surface area (TPSA) is 153 Å². The zero-order chi connectivity index (χ0) is 22.4. The van der Waals surface area contributed by atoms with Crippen molar-refractivity contribution in [3.63, 3.8) is 0 Å². The normalized spacial score (nSPS) is 13.3. The molecular weight excluding hydrogens is 414 g/mol. The van der Waals surface area contributed by atoms with Crippen LogP contribution in [0.1, 0.15) is 28.8 Å². The van der Waals surface area contributed by atoms with Gasteiger partial charge in [0.25, 0.3) is 0 Å². The Kier molecular flexibility index (Phi) is 7.41. The number of hydrogen-bond donors (Lipinski definition) is 3. The van der Waals surface area contributed by atoms with Crippen LogP contribution in [0.4, 0.5) is 0 Å². The summed E-state index contributed by atoms with van der Waals surface area (Å²) in [5.74, 6) is -2.50. The van der Waals surface area contributed by atoms with Crippen LogP contribution < -0.4 is 9.92 Å². The number of rotatable bonds is 10.